The fourth-order valence-electron chi connectivity index (χ4n) is 2.44. The van der Waals surface area contributed by atoms with Gasteiger partial charge in [-0.3, -0.25) is 4.98 Å². The first-order valence-electron chi connectivity index (χ1n) is 6.88. The highest BCUT2D eigenvalue weighted by atomic mass is 16.5. The third kappa shape index (κ3) is 2.88. The molecule has 2 heterocycles. The molecule has 20 heavy (non-hydrogen) atoms. The summed E-state index contributed by atoms with van der Waals surface area (Å²) in [7, 11) is 0. The van der Waals surface area contributed by atoms with E-state index in [1.54, 1.807) is 12.4 Å². The van der Waals surface area contributed by atoms with Crippen molar-refractivity contribution < 1.29 is 4.74 Å². The van der Waals surface area contributed by atoms with Crippen LogP contribution >= 0.6 is 0 Å². The Kier molecular flexibility index (Phi) is 3.78. The van der Waals surface area contributed by atoms with Gasteiger partial charge in [-0.2, -0.15) is 0 Å². The molecule has 0 aliphatic carbocycles. The van der Waals surface area contributed by atoms with Crippen molar-refractivity contribution in [2.45, 2.75) is 18.8 Å². The van der Waals surface area contributed by atoms with Gasteiger partial charge in [-0.25, -0.2) is 4.98 Å². The highest BCUT2D eigenvalue weighted by Gasteiger charge is 2.21. The number of hydrogen-bond acceptors (Lipinski definition) is 5. The molecule has 1 aromatic heterocycles. The quantitative estimate of drug-likeness (QED) is 0.837. The summed E-state index contributed by atoms with van der Waals surface area (Å²) in [5.74, 6) is 1.74. The van der Waals surface area contributed by atoms with Crippen LogP contribution in [0, 0.1) is 0 Å². The van der Waals surface area contributed by atoms with Crippen LogP contribution < -0.4 is 15.8 Å². The Labute approximate surface area is 118 Å². The molecule has 5 nitrogen and oxygen atoms in total. The van der Waals surface area contributed by atoms with Crippen LogP contribution in [0.1, 0.15) is 24.5 Å². The first-order chi connectivity index (χ1) is 9.83. The van der Waals surface area contributed by atoms with E-state index in [0.29, 0.717) is 11.8 Å². The summed E-state index contributed by atoms with van der Waals surface area (Å²) in [6, 6.07) is 7.32. The van der Waals surface area contributed by atoms with E-state index in [-0.39, 0.29) is 0 Å². The minimum Gasteiger partial charge on any atom is -0.437 e. The van der Waals surface area contributed by atoms with Gasteiger partial charge in [0, 0.05) is 24.0 Å². The number of nitrogen functional groups attached to an aromatic ring is 1. The van der Waals surface area contributed by atoms with Crippen LogP contribution in [0.2, 0.25) is 0 Å². The zero-order chi connectivity index (χ0) is 13.8. The highest BCUT2D eigenvalue weighted by molar-refractivity contribution is 5.42. The molecular weight excluding hydrogens is 252 g/mol. The Morgan fingerprint density at radius 1 is 1.05 bits per heavy atom. The molecular formula is C15H18N4O. The third-order valence-electron chi connectivity index (χ3n) is 3.51. The summed E-state index contributed by atoms with van der Waals surface area (Å²) in [5, 5.41) is 3.36. The van der Waals surface area contributed by atoms with E-state index < -0.39 is 0 Å². The number of nitrogens with two attached hydrogens (primary N) is 1. The molecule has 0 atom stereocenters. The smallest absolute Gasteiger partial charge is 0.241 e. The van der Waals surface area contributed by atoms with Crippen molar-refractivity contribution in [2.75, 3.05) is 18.8 Å². The van der Waals surface area contributed by atoms with E-state index in [1.165, 1.54) is 0 Å². The van der Waals surface area contributed by atoms with E-state index in [1.807, 2.05) is 24.3 Å². The van der Waals surface area contributed by atoms with Gasteiger partial charge in [0.25, 0.3) is 0 Å². The third-order valence-corrected chi connectivity index (χ3v) is 3.51. The van der Waals surface area contributed by atoms with E-state index in [4.69, 9.17) is 10.5 Å². The average Bonchev–Trinajstić information content (AvgIpc) is 2.51. The maximum absolute atomic E-state index is 5.87. The van der Waals surface area contributed by atoms with Crippen LogP contribution in [-0.4, -0.2) is 23.1 Å². The molecule has 5 heteroatoms. The van der Waals surface area contributed by atoms with E-state index in [9.17, 15) is 0 Å². The summed E-state index contributed by atoms with van der Waals surface area (Å²) in [6.45, 7) is 2.03. The molecule has 0 radical (unpaired) electrons. The number of benzene rings is 1. The zero-order valence-electron chi connectivity index (χ0n) is 11.2. The molecule has 2 aromatic rings. The number of rotatable bonds is 3. The molecule has 104 valence electrons. The Morgan fingerprint density at radius 2 is 1.75 bits per heavy atom. The second-order valence-corrected chi connectivity index (χ2v) is 4.94. The van der Waals surface area contributed by atoms with E-state index >= 15 is 0 Å². The molecule has 0 amide bonds. The van der Waals surface area contributed by atoms with Gasteiger partial charge in [-0.05, 0) is 50.2 Å². The normalized spacial score (nSPS) is 16.0. The number of ether oxygens (including phenoxy) is 1. The van der Waals surface area contributed by atoms with Crippen molar-refractivity contribution in [1.29, 1.82) is 0 Å². The van der Waals surface area contributed by atoms with E-state index in [2.05, 4.69) is 15.3 Å². The van der Waals surface area contributed by atoms with Crippen LogP contribution in [0.3, 0.4) is 0 Å². The molecule has 1 saturated heterocycles. The highest BCUT2D eigenvalue weighted by Crippen LogP contribution is 2.31. The molecule has 0 bridgehead atoms. The van der Waals surface area contributed by atoms with Crippen LogP contribution in [0.5, 0.6) is 11.6 Å². The number of piperidine rings is 1. The van der Waals surface area contributed by atoms with Gasteiger partial charge in [-0.1, -0.05) is 0 Å². The van der Waals surface area contributed by atoms with Crippen molar-refractivity contribution >= 4 is 5.69 Å². The lowest BCUT2D eigenvalue weighted by molar-refractivity contribution is 0.410. The molecule has 1 aliphatic rings. The summed E-state index contributed by atoms with van der Waals surface area (Å²) in [6.07, 6.45) is 5.53. The number of aromatic nitrogens is 2. The van der Waals surface area contributed by atoms with Gasteiger partial charge in [0.15, 0.2) is 0 Å². The van der Waals surface area contributed by atoms with Crippen molar-refractivity contribution in [3.8, 4) is 11.6 Å². The van der Waals surface area contributed by atoms with E-state index in [0.717, 1.165) is 43.1 Å². The first-order valence-corrected chi connectivity index (χ1v) is 6.88. The fourth-order valence-corrected chi connectivity index (χ4v) is 2.44. The van der Waals surface area contributed by atoms with Crippen LogP contribution in [-0.2, 0) is 0 Å². The van der Waals surface area contributed by atoms with Crippen LogP contribution in [0.15, 0.2) is 36.7 Å². The monoisotopic (exact) mass is 270 g/mol. The molecule has 0 saturated carbocycles. The lowest BCUT2D eigenvalue weighted by atomic mass is 9.94. The van der Waals surface area contributed by atoms with Crippen LogP contribution in [0.4, 0.5) is 5.69 Å². The van der Waals surface area contributed by atoms with Crippen molar-refractivity contribution in [3.05, 3.63) is 42.4 Å². The summed E-state index contributed by atoms with van der Waals surface area (Å²) in [4.78, 5) is 8.81. The predicted molar refractivity (Wildman–Crippen MR) is 77.8 cm³/mol. The first kappa shape index (κ1) is 12.9. The van der Waals surface area contributed by atoms with Gasteiger partial charge >= 0.3 is 0 Å². The number of nitrogens with one attached hydrogen (secondary N) is 1. The topological polar surface area (TPSA) is 73.1 Å². The minimum atomic E-state index is 0.411. The minimum absolute atomic E-state index is 0.411. The van der Waals surface area contributed by atoms with Gasteiger partial charge < -0.3 is 15.8 Å². The molecule has 0 spiro atoms. The fraction of sp³-hybridized carbons (Fsp3) is 0.333. The number of hydrogen-bond donors (Lipinski definition) is 2. The largest absolute Gasteiger partial charge is 0.437 e. The number of nitrogens with zero attached hydrogens (tertiary/aromatic N) is 2. The predicted octanol–water partition coefficient (Wildman–Crippen LogP) is 2.32. The maximum atomic E-state index is 5.87. The van der Waals surface area contributed by atoms with Gasteiger partial charge in [0.2, 0.25) is 5.88 Å². The second kappa shape index (κ2) is 5.88. The SMILES string of the molecule is Nc1ccc(Oc2nccnc2C2CCNCC2)cc1. The number of anilines is 1. The van der Waals surface area contributed by atoms with Gasteiger partial charge in [-0.15, -0.1) is 0 Å². The van der Waals surface area contributed by atoms with Gasteiger partial charge in [0.05, 0.1) is 0 Å². The lowest BCUT2D eigenvalue weighted by Crippen LogP contribution is -2.27. The van der Waals surface area contributed by atoms with Crippen molar-refractivity contribution in [1.82, 2.24) is 15.3 Å². The Morgan fingerprint density at radius 3 is 2.50 bits per heavy atom. The molecule has 1 fully saturated rings. The molecule has 1 aliphatic heterocycles. The molecule has 1 aromatic carbocycles. The van der Waals surface area contributed by atoms with Crippen molar-refractivity contribution in [3.63, 3.8) is 0 Å². The Balaban J connectivity index is 1.83. The average molecular weight is 270 g/mol. The second-order valence-electron chi connectivity index (χ2n) is 4.94. The molecule has 3 N–H and O–H groups in total. The lowest BCUT2D eigenvalue weighted by Gasteiger charge is -2.23. The van der Waals surface area contributed by atoms with Gasteiger partial charge in [0.1, 0.15) is 11.4 Å². The summed E-state index contributed by atoms with van der Waals surface area (Å²) in [5.41, 5.74) is 7.34. The Bertz CT molecular complexity index is 564. The Hall–Kier alpha value is -2.14. The summed E-state index contributed by atoms with van der Waals surface area (Å²) < 4.78 is 5.87. The summed E-state index contributed by atoms with van der Waals surface area (Å²) >= 11 is 0. The molecule has 0 unspecified atom stereocenters. The zero-order valence-corrected chi connectivity index (χ0v) is 11.2. The van der Waals surface area contributed by atoms with Crippen molar-refractivity contribution in [2.24, 2.45) is 0 Å². The van der Waals surface area contributed by atoms with Crippen LogP contribution in [0.25, 0.3) is 0 Å². The standard InChI is InChI=1S/C15H18N4O/c16-12-1-3-13(4-2-12)20-15-14(18-9-10-19-15)11-5-7-17-8-6-11/h1-4,9-11,17H,5-8,16H2. The molecule has 3 rings (SSSR count). The maximum Gasteiger partial charge on any atom is 0.241 e.